The molecule has 1 aromatic heterocycles. The van der Waals surface area contributed by atoms with Crippen molar-refractivity contribution in [2.24, 2.45) is 0 Å². The average molecular weight is 417 g/mol. The van der Waals surface area contributed by atoms with Crippen molar-refractivity contribution >= 4 is 11.6 Å². The summed E-state index contributed by atoms with van der Waals surface area (Å²) in [5.41, 5.74) is 0.853. The number of carbonyl (C=O) groups is 1. The van der Waals surface area contributed by atoms with E-state index in [1.165, 1.54) is 24.3 Å². The molecule has 0 saturated carbocycles. The first kappa shape index (κ1) is 21.5. The van der Waals surface area contributed by atoms with Gasteiger partial charge in [-0.3, -0.25) is 4.79 Å². The number of para-hydroxylation sites is 1. The zero-order valence-electron chi connectivity index (χ0n) is 16.8. The number of ether oxygens (including phenoxy) is 1. The van der Waals surface area contributed by atoms with Crippen molar-refractivity contribution in [2.75, 3.05) is 5.32 Å². The molecule has 7 heteroatoms. The number of nitrogens with one attached hydrogen (secondary N) is 1. The van der Waals surface area contributed by atoms with E-state index in [9.17, 15) is 18.0 Å². The van der Waals surface area contributed by atoms with Crippen LogP contribution in [0.2, 0.25) is 0 Å². The van der Waals surface area contributed by atoms with Crippen molar-refractivity contribution in [2.45, 2.75) is 39.5 Å². The fourth-order valence-electron chi connectivity index (χ4n) is 2.99. The van der Waals surface area contributed by atoms with Crippen LogP contribution in [0.4, 0.5) is 18.9 Å². The first-order valence-electron chi connectivity index (χ1n) is 9.45. The average Bonchev–Trinajstić information content (AvgIpc) is 3.15. The fourth-order valence-corrected chi connectivity index (χ4v) is 2.99. The second kappa shape index (κ2) is 8.65. The van der Waals surface area contributed by atoms with Crippen molar-refractivity contribution in [3.05, 3.63) is 82.8 Å². The highest BCUT2D eigenvalue weighted by atomic mass is 19.4. The molecule has 3 aromatic rings. The SMILES string of the molecule is Cc1ccc(C(C)C)c(OCc2ccc(C(=O)Nc3ccccc3C(F)(F)F)o2)c1. The first-order chi connectivity index (χ1) is 14.1. The molecule has 1 amide bonds. The number of rotatable bonds is 6. The Balaban J connectivity index is 1.71. The van der Waals surface area contributed by atoms with Crippen LogP contribution in [0.1, 0.15) is 52.8 Å². The third kappa shape index (κ3) is 5.03. The van der Waals surface area contributed by atoms with E-state index in [-0.39, 0.29) is 24.0 Å². The zero-order chi connectivity index (χ0) is 21.9. The van der Waals surface area contributed by atoms with Crippen LogP contribution >= 0.6 is 0 Å². The van der Waals surface area contributed by atoms with Crippen LogP contribution in [0.25, 0.3) is 0 Å². The number of alkyl halides is 3. The van der Waals surface area contributed by atoms with Crippen molar-refractivity contribution in [3.8, 4) is 5.75 Å². The number of furan rings is 1. The van der Waals surface area contributed by atoms with E-state index in [4.69, 9.17) is 9.15 Å². The van der Waals surface area contributed by atoms with Gasteiger partial charge in [-0.05, 0) is 54.3 Å². The lowest BCUT2D eigenvalue weighted by Gasteiger charge is -2.14. The summed E-state index contributed by atoms with van der Waals surface area (Å²) in [6.07, 6.45) is -4.58. The Labute approximate surface area is 172 Å². The van der Waals surface area contributed by atoms with Gasteiger partial charge in [0.05, 0.1) is 11.3 Å². The molecule has 3 rings (SSSR count). The van der Waals surface area contributed by atoms with Gasteiger partial charge in [-0.1, -0.05) is 38.1 Å². The molecule has 4 nitrogen and oxygen atoms in total. The number of hydrogen-bond donors (Lipinski definition) is 1. The Morgan fingerprint density at radius 3 is 2.53 bits per heavy atom. The van der Waals surface area contributed by atoms with Crippen LogP contribution in [-0.4, -0.2) is 5.91 Å². The van der Waals surface area contributed by atoms with Crippen LogP contribution in [0.15, 0.2) is 59.0 Å². The summed E-state index contributed by atoms with van der Waals surface area (Å²) in [5.74, 6) is 0.523. The third-order valence-electron chi connectivity index (χ3n) is 4.53. The fraction of sp³-hybridized carbons (Fsp3) is 0.261. The Morgan fingerprint density at radius 1 is 1.10 bits per heavy atom. The van der Waals surface area contributed by atoms with Crippen LogP contribution < -0.4 is 10.1 Å². The molecule has 2 aromatic carbocycles. The zero-order valence-corrected chi connectivity index (χ0v) is 16.8. The quantitative estimate of drug-likeness (QED) is 0.494. The highest BCUT2D eigenvalue weighted by Crippen LogP contribution is 2.35. The summed E-state index contributed by atoms with van der Waals surface area (Å²) in [6.45, 7) is 6.18. The first-order valence-corrected chi connectivity index (χ1v) is 9.45. The minimum Gasteiger partial charge on any atom is -0.485 e. The van der Waals surface area contributed by atoms with Gasteiger partial charge in [0.1, 0.15) is 18.1 Å². The van der Waals surface area contributed by atoms with Crippen LogP contribution in [-0.2, 0) is 12.8 Å². The van der Waals surface area contributed by atoms with Gasteiger partial charge in [-0.2, -0.15) is 13.2 Å². The topological polar surface area (TPSA) is 51.5 Å². The molecule has 0 fully saturated rings. The Hall–Kier alpha value is -3.22. The lowest BCUT2D eigenvalue weighted by molar-refractivity contribution is -0.136. The summed E-state index contributed by atoms with van der Waals surface area (Å²) >= 11 is 0. The molecular weight excluding hydrogens is 395 g/mol. The number of anilines is 1. The van der Waals surface area contributed by atoms with Gasteiger partial charge in [0.15, 0.2) is 5.76 Å². The third-order valence-corrected chi connectivity index (χ3v) is 4.53. The highest BCUT2D eigenvalue weighted by molar-refractivity contribution is 6.02. The molecule has 0 aliphatic carbocycles. The Bertz CT molecular complexity index is 1040. The van der Waals surface area contributed by atoms with E-state index in [0.29, 0.717) is 5.76 Å². The lowest BCUT2D eigenvalue weighted by atomic mass is 10.0. The van der Waals surface area contributed by atoms with Gasteiger partial charge in [0, 0.05) is 0 Å². The number of amides is 1. The number of carbonyl (C=O) groups excluding carboxylic acids is 1. The second-order valence-corrected chi connectivity index (χ2v) is 7.25. The summed E-state index contributed by atoms with van der Waals surface area (Å²) in [4.78, 5) is 12.4. The maximum absolute atomic E-state index is 13.1. The molecule has 1 heterocycles. The minimum atomic E-state index is -4.58. The van der Waals surface area contributed by atoms with Crippen molar-refractivity contribution in [1.29, 1.82) is 0 Å². The summed E-state index contributed by atoms with van der Waals surface area (Å²) < 4.78 is 50.6. The van der Waals surface area contributed by atoms with Gasteiger partial charge in [0.25, 0.3) is 5.91 Å². The van der Waals surface area contributed by atoms with Crippen LogP contribution in [0.3, 0.4) is 0 Å². The smallest absolute Gasteiger partial charge is 0.418 e. The normalized spacial score (nSPS) is 11.6. The lowest BCUT2D eigenvalue weighted by Crippen LogP contribution is -2.16. The molecule has 0 radical (unpaired) electrons. The minimum absolute atomic E-state index is 0.0928. The molecule has 0 bridgehead atoms. The van der Waals surface area contributed by atoms with E-state index in [1.54, 1.807) is 6.07 Å². The van der Waals surface area contributed by atoms with Crippen molar-refractivity contribution in [1.82, 2.24) is 0 Å². The molecule has 158 valence electrons. The van der Waals surface area contributed by atoms with E-state index >= 15 is 0 Å². The standard InChI is InChI=1S/C23H22F3NO3/c1-14(2)17-10-8-15(3)12-21(17)29-13-16-9-11-20(30-16)22(28)27-19-7-5-4-6-18(19)23(24,25)26/h4-12,14H,13H2,1-3H3,(H,27,28). The van der Waals surface area contributed by atoms with Gasteiger partial charge in [0.2, 0.25) is 0 Å². The van der Waals surface area contributed by atoms with E-state index in [1.807, 2.05) is 25.1 Å². The molecule has 30 heavy (non-hydrogen) atoms. The van der Waals surface area contributed by atoms with Gasteiger partial charge >= 0.3 is 6.18 Å². The number of halogens is 3. The summed E-state index contributed by atoms with van der Waals surface area (Å²) in [5, 5.41) is 2.26. The second-order valence-electron chi connectivity index (χ2n) is 7.25. The molecule has 0 unspecified atom stereocenters. The van der Waals surface area contributed by atoms with E-state index < -0.39 is 17.6 Å². The van der Waals surface area contributed by atoms with Crippen molar-refractivity contribution < 1.29 is 27.1 Å². The highest BCUT2D eigenvalue weighted by Gasteiger charge is 2.33. The van der Waals surface area contributed by atoms with Crippen LogP contribution in [0.5, 0.6) is 5.75 Å². The Kier molecular flexibility index (Phi) is 6.20. The molecule has 0 atom stereocenters. The molecular formula is C23H22F3NO3. The largest absolute Gasteiger partial charge is 0.485 e. The van der Waals surface area contributed by atoms with E-state index in [2.05, 4.69) is 19.2 Å². The molecule has 0 saturated heterocycles. The van der Waals surface area contributed by atoms with Gasteiger partial charge in [-0.25, -0.2) is 0 Å². The Morgan fingerprint density at radius 2 is 1.83 bits per heavy atom. The van der Waals surface area contributed by atoms with Gasteiger partial charge < -0.3 is 14.5 Å². The number of hydrogen-bond acceptors (Lipinski definition) is 3. The predicted octanol–water partition coefficient (Wildman–Crippen LogP) is 6.56. The predicted molar refractivity (Wildman–Crippen MR) is 108 cm³/mol. The summed E-state index contributed by atoms with van der Waals surface area (Å²) in [7, 11) is 0. The van der Waals surface area contributed by atoms with Crippen molar-refractivity contribution in [3.63, 3.8) is 0 Å². The number of benzene rings is 2. The molecule has 1 N–H and O–H groups in total. The maximum atomic E-state index is 13.1. The maximum Gasteiger partial charge on any atom is 0.418 e. The van der Waals surface area contributed by atoms with E-state index in [0.717, 1.165) is 22.9 Å². The van der Waals surface area contributed by atoms with Gasteiger partial charge in [-0.15, -0.1) is 0 Å². The number of aryl methyl sites for hydroxylation is 1. The molecule has 0 spiro atoms. The molecule has 0 aliphatic rings. The van der Waals surface area contributed by atoms with Crippen LogP contribution in [0, 0.1) is 6.92 Å². The summed E-state index contributed by atoms with van der Waals surface area (Å²) in [6, 6.07) is 13.7. The monoisotopic (exact) mass is 417 g/mol. The molecule has 0 aliphatic heterocycles.